The zero-order chi connectivity index (χ0) is 19.4. The molecule has 0 saturated heterocycles. The van der Waals surface area contributed by atoms with E-state index in [4.69, 9.17) is 9.15 Å². The Kier molecular flexibility index (Phi) is 5.54. The summed E-state index contributed by atoms with van der Waals surface area (Å²) in [7, 11) is 0. The lowest BCUT2D eigenvalue weighted by atomic mass is 10.2. The van der Waals surface area contributed by atoms with Gasteiger partial charge in [-0.1, -0.05) is 6.07 Å². The summed E-state index contributed by atoms with van der Waals surface area (Å²) in [5.74, 6) is 0.340. The fourth-order valence-electron chi connectivity index (χ4n) is 2.76. The van der Waals surface area contributed by atoms with Crippen molar-refractivity contribution in [1.29, 1.82) is 0 Å². The highest BCUT2D eigenvalue weighted by Crippen LogP contribution is 2.20. The van der Waals surface area contributed by atoms with Gasteiger partial charge in [-0.15, -0.1) is 0 Å². The molecule has 0 aliphatic rings. The van der Waals surface area contributed by atoms with Gasteiger partial charge in [-0.3, -0.25) is 9.78 Å². The van der Waals surface area contributed by atoms with Crippen LogP contribution in [0.2, 0.25) is 0 Å². The van der Waals surface area contributed by atoms with Crippen molar-refractivity contribution in [3.8, 4) is 5.75 Å². The second kappa shape index (κ2) is 8.03. The number of amides is 1. The van der Waals surface area contributed by atoms with Crippen molar-refractivity contribution in [2.45, 2.75) is 33.4 Å². The van der Waals surface area contributed by atoms with Crippen LogP contribution < -0.4 is 10.4 Å². The van der Waals surface area contributed by atoms with E-state index in [0.717, 1.165) is 16.6 Å². The van der Waals surface area contributed by atoms with Crippen molar-refractivity contribution >= 4 is 16.9 Å². The van der Waals surface area contributed by atoms with Crippen LogP contribution in [0.25, 0.3) is 11.0 Å². The molecule has 2 aromatic heterocycles. The number of hydrogen-bond donors (Lipinski definition) is 0. The third-order valence-corrected chi connectivity index (χ3v) is 4.34. The fraction of sp³-hybridized carbons (Fsp3) is 0.286. The largest absolute Gasteiger partial charge is 0.484 e. The monoisotopic (exact) mass is 366 g/mol. The minimum atomic E-state index is -0.424. The molecule has 0 fully saturated rings. The van der Waals surface area contributed by atoms with E-state index in [1.165, 1.54) is 6.07 Å². The summed E-state index contributed by atoms with van der Waals surface area (Å²) in [6, 6.07) is 12.1. The van der Waals surface area contributed by atoms with Crippen molar-refractivity contribution in [3.63, 3.8) is 0 Å². The van der Waals surface area contributed by atoms with Crippen LogP contribution >= 0.6 is 0 Å². The Balaban J connectivity index is 1.71. The first kappa shape index (κ1) is 18.6. The summed E-state index contributed by atoms with van der Waals surface area (Å²) in [5.41, 5.74) is 1.91. The molecule has 0 saturated carbocycles. The highest BCUT2D eigenvalue weighted by molar-refractivity contribution is 5.79. The van der Waals surface area contributed by atoms with Crippen molar-refractivity contribution in [3.05, 3.63) is 70.3 Å². The first-order valence-corrected chi connectivity index (χ1v) is 8.81. The average Bonchev–Trinajstić information content (AvgIpc) is 2.64. The van der Waals surface area contributed by atoms with Crippen LogP contribution in [-0.4, -0.2) is 28.4 Å². The van der Waals surface area contributed by atoms with Crippen molar-refractivity contribution in [2.75, 3.05) is 6.61 Å². The summed E-state index contributed by atoms with van der Waals surface area (Å²) in [6.07, 6.45) is 1.73. The molecule has 0 aliphatic carbocycles. The third-order valence-electron chi connectivity index (χ3n) is 4.34. The maximum absolute atomic E-state index is 12.7. The molecular formula is C21H22N2O4. The average molecular weight is 366 g/mol. The van der Waals surface area contributed by atoms with Crippen molar-refractivity contribution in [1.82, 2.24) is 9.88 Å². The van der Waals surface area contributed by atoms with Gasteiger partial charge in [-0.25, -0.2) is 4.79 Å². The van der Waals surface area contributed by atoms with E-state index in [9.17, 15) is 9.59 Å². The standard InChI is InChI=1S/C21H22N2O4/c1-14(2)23(12-18-15(3)5-4-10-22-18)20(24)13-26-17-8-6-16-7-9-21(25)27-19(16)11-17/h4-11,14H,12-13H2,1-3H3. The summed E-state index contributed by atoms with van der Waals surface area (Å²) in [6.45, 7) is 6.22. The van der Waals surface area contributed by atoms with E-state index in [1.54, 1.807) is 35.4 Å². The number of rotatable bonds is 6. The Morgan fingerprint density at radius 2 is 2.00 bits per heavy atom. The molecule has 1 aromatic carbocycles. The summed E-state index contributed by atoms with van der Waals surface area (Å²) >= 11 is 0. The number of carbonyl (C=O) groups excluding carboxylic acids is 1. The molecule has 0 N–H and O–H groups in total. The molecule has 1 amide bonds. The van der Waals surface area contributed by atoms with Crippen LogP contribution in [0.4, 0.5) is 0 Å². The number of ether oxygens (including phenoxy) is 1. The molecule has 0 aliphatic heterocycles. The van der Waals surface area contributed by atoms with Crippen LogP contribution in [-0.2, 0) is 11.3 Å². The second-order valence-electron chi connectivity index (χ2n) is 6.63. The highest BCUT2D eigenvalue weighted by atomic mass is 16.5. The van der Waals surface area contributed by atoms with Gasteiger partial charge in [0.05, 0.1) is 12.2 Å². The molecule has 3 aromatic rings. The van der Waals surface area contributed by atoms with Gasteiger partial charge >= 0.3 is 5.63 Å². The quantitative estimate of drug-likeness (QED) is 0.626. The number of pyridine rings is 1. The Hall–Kier alpha value is -3.15. The summed E-state index contributed by atoms with van der Waals surface area (Å²) in [5, 5.41) is 0.794. The topological polar surface area (TPSA) is 72.6 Å². The van der Waals surface area contributed by atoms with Gasteiger partial charge in [0.1, 0.15) is 11.3 Å². The molecule has 0 atom stereocenters. The predicted molar refractivity (Wildman–Crippen MR) is 103 cm³/mol. The van der Waals surface area contributed by atoms with E-state index in [1.807, 2.05) is 32.9 Å². The first-order chi connectivity index (χ1) is 12.9. The molecule has 0 bridgehead atoms. The summed E-state index contributed by atoms with van der Waals surface area (Å²) in [4.78, 5) is 30.1. The smallest absolute Gasteiger partial charge is 0.336 e. The van der Waals surface area contributed by atoms with Gasteiger partial charge in [0.2, 0.25) is 0 Å². The van der Waals surface area contributed by atoms with Gasteiger partial charge in [0, 0.05) is 29.8 Å². The number of fused-ring (bicyclic) bond motifs is 1. The number of carbonyl (C=O) groups is 1. The zero-order valence-corrected chi connectivity index (χ0v) is 15.6. The number of benzene rings is 1. The molecule has 140 valence electrons. The molecule has 6 nitrogen and oxygen atoms in total. The van der Waals surface area contributed by atoms with E-state index >= 15 is 0 Å². The molecule has 0 unspecified atom stereocenters. The number of hydrogen-bond acceptors (Lipinski definition) is 5. The Morgan fingerprint density at radius 3 is 2.74 bits per heavy atom. The lowest BCUT2D eigenvalue weighted by Crippen LogP contribution is -2.39. The molecular weight excluding hydrogens is 344 g/mol. The molecule has 2 heterocycles. The van der Waals surface area contributed by atoms with Gasteiger partial charge < -0.3 is 14.1 Å². The van der Waals surface area contributed by atoms with Gasteiger partial charge in [-0.2, -0.15) is 0 Å². The van der Waals surface area contributed by atoms with Crippen molar-refractivity contribution in [2.24, 2.45) is 0 Å². The third kappa shape index (κ3) is 4.53. The predicted octanol–water partition coefficient (Wildman–Crippen LogP) is 3.31. The second-order valence-corrected chi connectivity index (χ2v) is 6.63. The molecule has 0 radical (unpaired) electrons. The number of aromatic nitrogens is 1. The van der Waals surface area contributed by atoms with E-state index < -0.39 is 5.63 Å². The molecule has 6 heteroatoms. The number of nitrogens with zero attached hydrogens (tertiary/aromatic N) is 2. The number of aryl methyl sites for hydroxylation is 1. The van der Waals surface area contributed by atoms with E-state index in [0.29, 0.717) is 17.9 Å². The maximum atomic E-state index is 12.7. The van der Waals surface area contributed by atoms with Crippen LogP contribution in [0.15, 0.2) is 57.9 Å². The van der Waals surface area contributed by atoms with Crippen molar-refractivity contribution < 1.29 is 13.9 Å². The maximum Gasteiger partial charge on any atom is 0.336 e. The zero-order valence-electron chi connectivity index (χ0n) is 15.6. The Bertz CT molecular complexity index is 1010. The Labute approximate surface area is 157 Å². The lowest BCUT2D eigenvalue weighted by Gasteiger charge is -2.27. The lowest BCUT2D eigenvalue weighted by molar-refractivity contribution is -0.135. The highest BCUT2D eigenvalue weighted by Gasteiger charge is 2.19. The minimum Gasteiger partial charge on any atom is -0.484 e. The van der Waals surface area contributed by atoms with E-state index in [-0.39, 0.29) is 18.6 Å². The SMILES string of the molecule is Cc1cccnc1CN(C(=O)COc1ccc2ccc(=O)oc2c1)C(C)C. The van der Waals surface area contributed by atoms with Crippen LogP contribution in [0.5, 0.6) is 5.75 Å². The fourth-order valence-corrected chi connectivity index (χ4v) is 2.76. The molecule has 3 rings (SSSR count). The van der Waals surface area contributed by atoms with Gasteiger partial charge in [0.15, 0.2) is 6.61 Å². The minimum absolute atomic E-state index is 0.0112. The first-order valence-electron chi connectivity index (χ1n) is 8.81. The van der Waals surface area contributed by atoms with Crippen LogP contribution in [0.3, 0.4) is 0 Å². The summed E-state index contributed by atoms with van der Waals surface area (Å²) < 4.78 is 10.8. The molecule has 0 spiro atoms. The van der Waals surface area contributed by atoms with Crippen LogP contribution in [0.1, 0.15) is 25.1 Å². The normalized spacial score (nSPS) is 11.0. The molecule has 27 heavy (non-hydrogen) atoms. The van der Waals surface area contributed by atoms with Gasteiger partial charge in [0.25, 0.3) is 5.91 Å². The Morgan fingerprint density at radius 1 is 1.22 bits per heavy atom. The van der Waals surface area contributed by atoms with Gasteiger partial charge in [-0.05, 0) is 50.6 Å². The van der Waals surface area contributed by atoms with Crippen LogP contribution in [0, 0.1) is 6.92 Å². The van der Waals surface area contributed by atoms with E-state index in [2.05, 4.69) is 4.98 Å².